The van der Waals surface area contributed by atoms with Crippen LogP contribution in [0.3, 0.4) is 0 Å². The minimum absolute atomic E-state index is 0.0473. The van der Waals surface area contributed by atoms with Crippen molar-refractivity contribution < 1.29 is 37.1 Å². The maximum atomic E-state index is 12.5. The number of carboxylic acids is 1. The number of hydrogen-bond donors (Lipinski definition) is 3. The van der Waals surface area contributed by atoms with Crippen molar-refractivity contribution in [1.29, 1.82) is 0 Å². The Kier molecular flexibility index (Phi) is 7.93. The first-order chi connectivity index (χ1) is 14.4. The number of carbonyl (C=O) groups is 3. The molecule has 3 amide bonds. The Bertz CT molecular complexity index is 769. The predicted molar refractivity (Wildman–Crippen MR) is 103 cm³/mol. The molecule has 1 spiro atoms. The third-order valence-electron chi connectivity index (χ3n) is 4.90. The fourth-order valence-electron chi connectivity index (χ4n) is 3.61. The van der Waals surface area contributed by atoms with Gasteiger partial charge >= 0.3 is 18.2 Å². The number of carboxylic acid groups (broad SMARTS) is 1. The van der Waals surface area contributed by atoms with Gasteiger partial charge in [0.05, 0.1) is 12.5 Å². The fraction of sp³-hybridized carbons (Fsp3) is 0.632. The fourth-order valence-corrected chi connectivity index (χ4v) is 3.61. The molecule has 1 atom stereocenters. The Morgan fingerprint density at radius 1 is 1.32 bits per heavy atom. The van der Waals surface area contributed by atoms with E-state index in [4.69, 9.17) is 14.3 Å². The van der Waals surface area contributed by atoms with Crippen molar-refractivity contribution in [2.75, 3.05) is 32.7 Å². The number of amides is 3. The highest BCUT2D eigenvalue weighted by atomic mass is 19.4. The largest absolute Gasteiger partial charge is 0.490 e. The Morgan fingerprint density at radius 2 is 2.00 bits per heavy atom. The van der Waals surface area contributed by atoms with Gasteiger partial charge in [-0.2, -0.15) is 13.2 Å². The lowest BCUT2D eigenvalue weighted by Gasteiger charge is -2.33. The lowest BCUT2D eigenvalue weighted by Crippen LogP contribution is -2.48. The number of alkyl halides is 3. The summed E-state index contributed by atoms with van der Waals surface area (Å²) >= 11 is 0. The summed E-state index contributed by atoms with van der Waals surface area (Å²) in [5.41, 5.74) is 0.897. The van der Waals surface area contributed by atoms with Crippen molar-refractivity contribution >= 4 is 17.9 Å². The number of aliphatic carboxylic acids is 1. The maximum Gasteiger partial charge on any atom is 0.490 e. The highest BCUT2D eigenvalue weighted by Crippen LogP contribution is 2.31. The molecule has 31 heavy (non-hydrogen) atoms. The Morgan fingerprint density at radius 3 is 2.48 bits per heavy atom. The summed E-state index contributed by atoms with van der Waals surface area (Å²) in [7, 11) is 0. The number of urea groups is 1. The summed E-state index contributed by atoms with van der Waals surface area (Å²) in [6, 6.07) is 2.01. The highest BCUT2D eigenvalue weighted by molar-refractivity contribution is 5.80. The number of nitrogens with one attached hydrogen (secondary N) is 2. The molecule has 3 heterocycles. The van der Waals surface area contributed by atoms with Gasteiger partial charge in [-0.3, -0.25) is 9.69 Å². The van der Waals surface area contributed by atoms with Gasteiger partial charge in [-0.15, -0.1) is 0 Å². The predicted octanol–water partition coefficient (Wildman–Crippen LogP) is 1.65. The van der Waals surface area contributed by atoms with Crippen molar-refractivity contribution in [3.05, 3.63) is 24.2 Å². The molecule has 2 fully saturated rings. The van der Waals surface area contributed by atoms with Crippen LogP contribution in [0.25, 0.3) is 0 Å². The van der Waals surface area contributed by atoms with Crippen LogP contribution in [0.2, 0.25) is 0 Å². The van der Waals surface area contributed by atoms with E-state index in [1.165, 1.54) is 0 Å². The van der Waals surface area contributed by atoms with Crippen LogP contribution >= 0.6 is 0 Å². The summed E-state index contributed by atoms with van der Waals surface area (Å²) in [6.07, 6.45) is -1.19. The molecular weight excluding hydrogens is 421 g/mol. The number of halogens is 3. The van der Waals surface area contributed by atoms with E-state index >= 15 is 0 Å². The van der Waals surface area contributed by atoms with Gasteiger partial charge in [-0.05, 0) is 19.9 Å². The summed E-state index contributed by atoms with van der Waals surface area (Å²) in [6.45, 7) is 8.15. The molecule has 0 radical (unpaired) electrons. The van der Waals surface area contributed by atoms with Crippen LogP contribution in [0.15, 0.2) is 23.0 Å². The maximum absolute atomic E-state index is 12.5. The van der Waals surface area contributed by atoms with E-state index in [0.29, 0.717) is 26.1 Å². The second-order valence-electron chi connectivity index (χ2n) is 8.12. The van der Waals surface area contributed by atoms with Crippen molar-refractivity contribution in [1.82, 2.24) is 20.4 Å². The Labute approximate surface area is 177 Å². The van der Waals surface area contributed by atoms with Crippen molar-refractivity contribution in [2.45, 2.75) is 39.0 Å². The molecule has 1 aromatic heterocycles. The van der Waals surface area contributed by atoms with Gasteiger partial charge in [-0.25, -0.2) is 9.59 Å². The van der Waals surface area contributed by atoms with Gasteiger partial charge in [0.1, 0.15) is 0 Å². The van der Waals surface area contributed by atoms with Gasteiger partial charge in [-0.1, -0.05) is 0 Å². The molecule has 9 nitrogen and oxygen atoms in total. The highest BCUT2D eigenvalue weighted by Gasteiger charge is 2.44. The van der Waals surface area contributed by atoms with Gasteiger partial charge < -0.3 is 25.1 Å². The van der Waals surface area contributed by atoms with E-state index in [0.717, 1.165) is 25.2 Å². The average Bonchev–Trinajstić information content (AvgIpc) is 3.23. The monoisotopic (exact) mass is 448 g/mol. The molecule has 3 rings (SSSR count). The molecule has 0 aromatic carbocycles. The molecule has 0 bridgehead atoms. The van der Waals surface area contributed by atoms with Crippen molar-refractivity contribution in [3.8, 4) is 0 Å². The van der Waals surface area contributed by atoms with Gasteiger partial charge in [0.15, 0.2) is 0 Å². The first kappa shape index (κ1) is 24.5. The molecule has 1 unspecified atom stereocenters. The normalized spacial score (nSPS) is 22.0. The van der Waals surface area contributed by atoms with E-state index in [9.17, 15) is 22.8 Å². The summed E-state index contributed by atoms with van der Waals surface area (Å²) in [5.74, 6) is -2.68. The van der Waals surface area contributed by atoms with Crippen LogP contribution in [0, 0.1) is 5.41 Å². The van der Waals surface area contributed by atoms with Gasteiger partial charge in [0.25, 0.3) is 0 Å². The molecule has 0 saturated carbocycles. The zero-order valence-corrected chi connectivity index (χ0v) is 17.4. The molecule has 2 saturated heterocycles. The van der Waals surface area contributed by atoms with E-state index in [-0.39, 0.29) is 23.4 Å². The molecule has 2 aliphatic rings. The quantitative estimate of drug-likeness (QED) is 0.648. The third-order valence-corrected chi connectivity index (χ3v) is 4.90. The van der Waals surface area contributed by atoms with E-state index in [1.807, 2.05) is 24.8 Å². The molecule has 1 aromatic rings. The van der Waals surface area contributed by atoms with Crippen LogP contribution in [-0.2, 0) is 16.1 Å². The second-order valence-corrected chi connectivity index (χ2v) is 8.12. The van der Waals surface area contributed by atoms with Crippen LogP contribution in [0.1, 0.15) is 25.8 Å². The molecule has 0 aliphatic carbocycles. The smallest absolute Gasteiger partial charge is 0.475 e. The number of rotatable bonds is 3. The summed E-state index contributed by atoms with van der Waals surface area (Å²) in [4.78, 5) is 37.4. The van der Waals surface area contributed by atoms with E-state index < -0.39 is 12.1 Å². The van der Waals surface area contributed by atoms with Crippen LogP contribution < -0.4 is 10.6 Å². The molecule has 2 aliphatic heterocycles. The van der Waals surface area contributed by atoms with Crippen LogP contribution in [-0.4, -0.2) is 77.8 Å². The summed E-state index contributed by atoms with van der Waals surface area (Å²) < 4.78 is 36.9. The van der Waals surface area contributed by atoms with Crippen molar-refractivity contribution in [3.63, 3.8) is 0 Å². The molecule has 12 heteroatoms. The molecule has 3 N–H and O–H groups in total. The number of nitrogens with zero attached hydrogens (tertiary/aromatic N) is 2. The lowest BCUT2D eigenvalue weighted by molar-refractivity contribution is -0.192. The lowest BCUT2D eigenvalue weighted by atomic mass is 9.86. The number of carbonyl (C=O) groups excluding carboxylic acids is 2. The van der Waals surface area contributed by atoms with Crippen molar-refractivity contribution in [2.24, 2.45) is 5.41 Å². The van der Waals surface area contributed by atoms with Crippen LogP contribution in [0.4, 0.5) is 18.0 Å². The van der Waals surface area contributed by atoms with E-state index in [1.54, 1.807) is 12.5 Å². The molecule has 174 valence electrons. The topological polar surface area (TPSA) is 115 Å². The standard InChI is InChI=1S/C17H26N4O3.C2HF3O2/c1-13(2)19-16(23)21-5-4-20(8-14-3-6-24-9-14)11-17(12-21)7-15(22)18-10-17;3-2(4,5)1(6)7/h3,6,9,13H,4-5,7-8,10-12H2,1-2H3,(H,18,22)(H,19,23);(H,6,7). The second kappa shape index (κ2) is 10.0. The van der Waals surface area contributed by atoms with Crippen LogP contribution in [0.5, 0.6) is 0 Å². The zero-order chi connectivity index (χ0) is 23.2. The minimum atomic E-state index is -5.08. The minimum Gasteiger partial charge on any atom is -0.475 e. The Hall–Kier alpha value is -2.76. The summed E-state index contributed by atoms with van der Waals surface area (Å²) in [5, 5.41) is 13.0. The SMILES string of the molecule is CC(C)NC(=O)N1CCN(Cc2ccoc2)CC2(CNC(=O)C2)C1.O=C(O)C(F)(F)F. The first-order valence-corrected chi connectivity index (χ1v) is 9.76. The number of furan rings is 1. The van der Waals surface area contributed by atoms with Gasteiger partial charge in [0.2, 0.25) is 5.91 Å². The van der Waals surface area contributed by atoms with E-state index in [2.05, 4.69) is 15.5 Å². The Balaban J connectivity index is 0.000000423. The zero-order valence-electron chi connectivity index (χ0n) is 17.4. The third kappa shape index (κ3) is 7.46. The van der Waals surface area contributed by atoms with Gasteiger partial charge in [0, 0.05) is 62.7 Å². The average molecular weight is 448 g/mol. The first-order valence-electron chi connectivity index (χ1n) is 9.76. The number of hydrogen-bond acceptors (Lipinski definition) is 5. The molecular formula is C19H27F3N4O5.